The first-order valence-corrected chi connectivity index (χ1v) is 7.49. The Balaban J connectivity index is 2.59. The molecule has 0 spiro atoms. The lowest BCUT2D eigenvalue weighted by atomic mass is 9.84. The SMILES string of the molecule is CC(C)(C)C(CC(=O)O)NC(=O)C1CCCCS1. The summed E-state index contributed by atoms with van der Waals surface area (Å²) >= 11 is 1.68. The molecule has 104 valence electrons. The van der Waals surface area contributed by atoms with Crippen molar-refractivity contribution in [3.05, 3.63) is 0 Å². The van der Waals surface area contributed by atoms with Gasteiger partial charge in [-0.05, 0) is 24.0 Å². The van der Waals surface area contributed by atoms with Crippen molar-refractivity contribution in [1.29, 1.82) is 0 Å². The minimum Gasteiger partial charge on any atom is -0.481 e. The number of rotatable bonds is 4. The van der Waals surface area contributed by atoms with Gasteiger partial charge in [0.25, 0.3) is 0 Å². The Morgan fingerprint density at radius 1 is 1.39 bits per heavy atom. The summed E-state index contributed by atoms with van der Waals surface area (Å²) in [6.45, 7) is 5.86. The van der Waals surface area contributed by atoms with E-state index in [0.717, 1.165) is 18.6 Å². The Hall–Kier alpha value is -0.710. The lowest BCUT2D eigenvalue weighted by molar-refractivity contribution is -0.138. The van der Waals surface area contributed by atoms with Gasteiger partial charge in [-0.2, -0.15) is 0 Å². The van der Waals surface area contributed by atoms with Crippen molar-refractivity contribution in [2.24, 2.45) is 5.41 Å². The highest BCUT2D eigenvalue weighted by Gasteiger charge is 2.31. The highest BCUT2D eigenvalue weighted by Crippen LogP contribution is 2.27. The molecule has 0 radical (unpaired) electrons. The maximum Gasteiger partial charge on any atom is 0.305 e. The average Bonchev–Trinajstić information content (AvgIpc) is 2.27. The summed E-state index contributed by atoms with van der Waals surface area (Å²) in [7, 11) is 0. The van der Waals surface area contributed by atoms with Gasteiger partial charge < -0.3 is 10.4 Å². The number of hydrogen-bond donors (Lipinski definition) is 2. The van der Waals surface area contributed by atoms with Gasteiger partial charge in [0, 0.05) is 6.04 Å². The minimum atomic E-state index is -0.869. The highest BCUT2D eigenvalue weighted by atomic mass is 32.2. The molecule has 18 heavy (non-hydrogen) atoms. The van der Waals surface area contributed by atoms with Gasteiger partial charge in [0.15, 0.2) is 0 Å². The molecular formula is C13H23NO3S. The molecule has 0 aromatic rings. The van der Waals surface area contributed by atoms with Crippen LogP contribution in [0.2, 0.25) is 0 Å². The standard InChI is InChI=1S/C13H23NO3S/c1-13(2,3)10(8-11(15)16)14-12(17)9-6-4-5-7-18-9/h9-10H,4-8H2,1-3H3,(H,14,17)(H,15,16). The Morgan fingerprint density at radius 2 is 2.06 bits per heavy atom. The maximum atomic E-state index is 12.1. The van der Waals surface area contributed by atoms with Gasteiger partial charge in [-0.3, -0.25) is 9.59 Å². The quantitative estimate of drug-likeness (QED) is 0.824. The molecular weight excluding hydrogens is 250 g/mol. The van der Waals surface area contributed by atoms with Crippen molar-refractivity contribution in [2.75, 3.05) is 5.75 Å². The van der Waals surface area contributed by atoms with Crippen LogP contribution in [0.5, 0.6) is 0 Å². The molecule has 1 aliphatic rings. The van der Waals surface area contributed by atoms with E-state index < -0.39 is 5.97 Å². The van der Waals surface area contributed by atoms with E-state index in [2.05, 4.69) is 5.32 Å². The predicted octanol–water partition coefficient (Wildman–Crippen LogP) is 2.28. The summed E-state index contributed by atoms with van der Waals surface area (Å²) in [5.41, 5.74) is -0.243. The molecule has 2 atom stereocenters. The monoisotopic (exact) mass is 273 g/mol. The smallest absolute Gasteiger partial charge is 0.305 e. The lowest BCUT2D eigenvalue weighted by Gasteiger charge is -2.32. The van der Waals surface area contributed by atoms with Crippen LogP contribution in [0, 0.1) is 5.41 Å². The highest BCUT2D eigenvalue weighted by molar-refractivity contribution is 8.00. The molecule has 4 nitrogen and oxygen atoms in total. The summed E-state index contributed by atoms with van der Waals surface area (Å²) in [6, 6.07) is -0.315. The Kier molecular flexibility index (Phi) is 5.50. The van der Waals surface area contributed by atoms with Crippen molar-refractivity contribution >= 4 is 23.6 Å². The fraction of sp³-hybridized carbons (Fsp3) is 0.846. The molecule has 2 N–H and O–H groups in total. The number of amides is 1. The molecule has 1 heterocycles. The van der Waals surface area contributed by atoms with E-state index in [0.29, 0.717) is 0 Å². The Morgan fingerprint density at radius 3 is 2.50 bits per heavy atom. The molecule has 0 bridgehead atoms. The molecule has 0 saturated carbocycles. The molecule has 0 aliphatic carbocycles. The molecule has 0 aromatic carbocycles. The zero-order chi connectivity index (χ0) is 13.8. The molecule has 1 rings (SSSR count). The van der Waals surface area contributed by atoms with Crippen LogP contribution in [0.4, 0.5) is 0 Å². The third-order valence-corrected chi connectivity index (χ3v) is 4.59. The van der Waals surface area contributed by atoms with E-state index in [1.807, 2.05) is 20.8 Å². The van der Waals surface area contributed by atoms with Crippen LogP contribution < -0.4 is 5.32 Å². The van der Waals surface area contributed by atoms with E-state index in [1.54, 1.807) is 11.8 Å². The van der Waals surface area contributed by atoms with E-state index in [-0.39, 0.29) is 29.0 Å². The second-order valence-electron chi connectivity index (χ2n) is 5.88. The fourth-order valence-corrected chi connectivity index (χ4v) is 3.17. The first-order chi connectivity index (χ1) is 8.30. The number of aliphatic carboxylic acids is 1. The molecule has 1 saturated heterocycles. The third kappa shape index (κ3) is 4.88. The number of carboxylic acid groups (broad SMARTS) is 1. The number of carbonyl (C=O) groups excluding carboxylic acids is 1. The maximum absolute atomic E-state index is 12.1. The molecule has 1 fully saturated rings. The third-order valence-electron chi connectivity index (χ3n) is 3.21. The van der Waals surface area contributed by atoms with E-state index in [4.69, 9.17) is 5.11 Å². The predicted molar refractivity (Wildman–Crippen MR) is 73.7 cm³/mol. The second-order valence-corrected chi connectivity index (χ2v) is 7.19. The van der Waals surface area contributed by atoms with Crippen LogP contribution in [0.3, 0.4) is 0 Å². The van der Waals surface area contributed by atoms with Crippen molar-refractivity contribution in [3.8, 4) is 0 Å². The van der Waals surface area contributed by atoms with Crippen LogP contribution in [0.1, 0.15) is 46.5 Å². The number of nitrogens with one attached hydrogen (secondary N) is 1. The molecule has 5 heteroatoms. The van der Waals surface area contributed by atoms with Gasteiger partial charge in [0.2, 0.25) is 5.91 Å². The average molecular weight is 273 g/mol. The normalized spacial score (nSPS) is 22.3. The van der Waals surface area contributed by atoms with Crippen molar-refractivity contribution in [2.45, 2.75) is 57.7 Å². The van der Waals surface area contributed by atoms with E-state index in [9.17, 15) is 9.59 Å². The first-order valence-electron chi connectivity index (χ1n) is 6.44. The van der Waals surface area contributed by atoms with Crippen LogP contribution >= 0.6 is 11.8 Å². The van der Waals surface area contributed by atoms with Crippen molar-refractivity contribution < 1.29 is 14.7 Å². The molecule has 2 unspecified atom stereocenters. The van der Waals surface area contributed by atoms with Gasteiger partial charge in [-0.25, -0.2) is 0 Å². The summed E-state index contributed by atoms with van der Waals surface area (Å²) in [4.78, 5) is 23.0. The first kappa shape index (κ1) is 15.3. The number of carboxylic acids is 1. The van der Waals surface area contributed by atoms with Crippen LogP contribution in [-0.2, 0) is 9.59 Å². The fourth-order valence-electron chi connectivity index (χ4n) is 1.96. The summed E-state index contributed by atoms with van der Waals surface area (Å²) in [5, 5.41) is 11.8. The van der Waals surface area contributed by atoms with Gasteiger partial charge in [0.05, 0.1) is 11.7 Å². The zero-order valence-electron chi connectivity index (χ0n) is 11.4. The number of hydrogen-bond acceptors (Lipinski definition) is 3. The minimum absolute atomic E-state index is 0.000810. The van der Waals surface area contributed by atoms with E-state index >= 15 is 0 Å². The van der Waals surface area contributed by atoms with Crippen molar-refractivity contribution in [3.63, 3.8) is 0 Å². The largest absolute Gasteiger partial charge is 0.481 e. The van der Waals surface area contributed by atoms with Gasteiger partial charge in [-0.1, -0.05) is 27.2 Å². The van der Waals surface area contributed by atoms with Gasteiger partial charge >= 0.3 is 5.97 Å². The Bertz CT molecular complexity index is 306. The second kappa shape index (κ2) is 6.45. The number of thioether (sulfide) groups is 1. The molecule has 1 aliphatic heterocycles. The summed E-state index contributed by atoms with van der Waals surface area (Å²) in [5.74, 6) is 0.157. The Labute approximate surface area is 113 Å². The van der Waals surface area contributed by atoms with Gasteiger partial charge in [0.1, 0.15) is 0 Å². The van der Waals surface area contributed by atoms with Crippen molar-refractivity contribution in [1.82, 2.24) is 5.32 Å². The van der Waals surface area contributed by atoms with Gasteiger partial charge in [-0.15, -0.1) is 11.8 Å². The zero-order valence-corrected chi connectivity index (χ0v) is 12.2. The van der Waals surface area contributed by atoms with Crippen LogP contribution in [-0.4, -0.2) is 34.0 Å². The van der Waals surface area contributed by atoms with Crippen LogP contribution in [0.25, 0.3) is 0 Å². The lowest BCUT2D eigenvalue weighted by Crippen LogP contribution is -2.48. The summed E-state index contributed by atoms with van der Waals surface area (Å²) in [6.07, 6.45) is 3.14. The topological polar surface area (TPSA) is 66.4 Å². The molecule has 0 aromatic heterocycles. The van der Waals surface area contributed by atoms with E-state index in [1.165, 1.54) is 6.42 Å². The number of carbonyl (C=O) groups is 2. The summed E-state index contributed by atoms with van der Waals surface area (Å²) < 4.78 is 0. The molecule has 1 amide bonds. The van der Waals surface area contributed by atoms with Crippen LogP contribution in [0.15, 0.2) is 0 Å².